The van der Waals surface area contributed by atoms with Crippen LogP contribution in [0, 0.1) is 13.8 Å². The lowest BCUT2D eigenvalue weighted by Gasteiger charge is -2.03. The van der Waals surface area contributed by atoms with E-state index in [-0.39, 0.29) is 0 Å². The van der Waals surface area contributed by atoms with Crippen LogP contribution in [-0.2, 0) is 5.75 Å². The van der Waals surface area contributed by atoms with Crippen LogP contribution in [0.2, 0.25) is 0 Å². The van der Waals surface area contributed by atoms with Gasteiger partial charge in [-0.25, -0.2) is 0 Å². The fraction of sp³-hybridized carbons (Fsp3) is 0.333. The van der Waals surface area contributed by atoms with Gasteiger partial charge in [-0.2, -0.15) is 0 Å². The standard InChI is InChI=1S/C9H11S/c1-7-4-3-5-9(6-10)8(7)2/h3-5H,6H2,1-2H3. The molecule has 1 radical (unpaired) electrons. The molecule has 1 aromatic rings. The molecule has 0 N–H and O–H groups in total. The Morgan fingerprint density at radius 2 is 2.00 bits per heavy atom. The van der Waals surface area contributed by atoms with E-state index in [1.807, 2.05) is 0 Å². The normalized spacial score (nSPS) is 9.90. The van der Waals surface area contributed by atoms with Crippen LogP contribution in [-0.4, -0.2) is 0 Å². The van der Waals surface area contributed by atoms with E-state index >= 15 is 0 Å². The molecule has 0 spiro atoms. The van der Waals surface area contributed by atoms with Gasteiger partial charge < -0.3 is 0 Å². The number of aryl methyl sites for hydroxylation is 1. The summed E-state index contributed by atoms with van der Waals surface area (Å²) < 4.78 is 0. The van der Waals surface area contributed by atoms with Crippen molar-refractivity contribution >= 4 is 12.6 Å². The summed E-state index contributed by atoms with van der Waals surface area (Å²) in [7, 11) is 0. The molecule has 1 aromatic carbocycles. The van der Waals surface area contributed by atoms with Gasteiger partial charge in [-0.1, -0.05) is 30.8 Å². The van der Waals surface area contributed by atoms with Crippen molar-refractivity contribution in [1.82, 2.24) is 0 Å². The zero-order chi connectivity index (χ0) is 7.56. The molecule has 0 heterocycles. The molecule has 0 amide bonds. The molecule has 0 saturated carbocycles. The van der Waals surface area contributed by atoms with Crippen molar-refractivity contribution in [2.24, 2.45) is 0 Å². The van der Waals surface area contributed by atoms with Crippen molar-refractivity contribution in [3.63, 3.8) is 0 Å². The van der Waals surface area contributed by atoms with Crippen LogP contribution >= 0.6 is 12.6 Å². The summed E-state index contributed by atoms with van der Waals surface area (Å²) in [5.41, 5.74) is 3.97. The smallest absolute Gasteiger partial charge is 0.0291 e. The highest BCUT2D eigenvalue weighted by Gasteiger charge is 1.96. The van der Waals surface area contributed by atoms with Crippen LogP contribution in [0.4, 0.5) is 0 Å². The Hall–Kier alpha value is -0.430. The fourth-order valence-corrected chi connectivity index (χ4v) is 1.28. The van der Waals surface area contributed by atoms with E-state index < -0.39 is 0 Å². The SMILES string of the molecule is Cc1cccc(C[S])c1C. The number of benzene rings is 1. The highest BCUT2D eigenvalue weighted by molar-refractivity contribution is 7.79. The summed E-state index contributed by atoms with van der Waals surface area (Å²) in [6.45, 7) is 4.24. The van der Waals surface area contributed by atoms with Crippen LogP contribution in [0.5, 0.6) is 0 Å². The average Bonchev–Trinajstić information content (AvgIpc) is 1.95. The van der Waals surface area contributed by atoms with Gasteiger partial charge in [0.2, 0.25) is 0 Å². The Morgan fingerprint density at radius 1 is 1.30 bits per heavy atom. The third-order valence-corrected chi connectivity index (χ3v) is 2.18. The predicted octanol–water partition coefficient (Wildman–Crippen LogP) is 3.00. The maximum atomic E-state index is 4.97. The Balaban J connectivity index is 3.14. The Morgan fingerprint density at radius 3 is 2.50 bits per heavy atom. The molecule has 0 aliphatic heterocycles. The molecule has 0 nitrogen and oxygen atoms in total. The van der Waals surface area contributed by atoms with Crippen LogP contribution in [0.3, 0.4) is 0 Å². The van der Waals surface area contributed by atoms with E-state index in [9.17, 15) is 0 Å². The maximum Gasteiger partial charge on any atom is 0.0291 e. The number of hydrogen-bond acceptors (Lipinski definition) is 0. The number of rotatable bonds is 1. The summed E-state index contributed by atoms with van der Waals surface area (Å²) in [5.74, 6) is 0.730. The van der Waals surface area contributed by atoms with Gasteiger partial charge in [0.25, 0.3) is 0 Å². The topological polar surface area (TPSA) is 0 Å². The maximum absolute atomic E-state index is 4.97. The Kier molecular flexibility index (Phi) is 2.39. The van der Waals surface area contributed by atoms with Crippen molar-refractivity contribution in [2.75, 3.05) is 0 Å². The molecule has 1 rings (SSSR count). The number of hydrogen-bond donors (Lipinski definition) is 0. The summed E-state index contributed by atoms with van der Waals surface area (Å²) in [5, 5.41) is 0. The lowest BCUT2D eigenvalue weighted by atomic mass is 10.1. The summed E-state index contributed by atoms with van der Waals surface area (Å²) in [6.07, 6.45) is 0. The van der Waals surface area contributed by atoms with Gasteiger partial charge in [0.05, 0.1) is 0 Å². The van der Waals surface area contributed by atoms with E-state index in [4.69, 9.17) is 12.6 Å². The minimum Gasteiger partial charge on any atom is -0.0890 e. The van der Waals surface area contributed by atoms with Gasteiger partial charge in [0.1, 0.15) is 0 Å². The zero-order valence-corrected chi connectivity index (χ0v) is 7.16. The summed E-state index contributed by atoms with van der Waals surface area (Å²) in [4.78, 5) is 0. The quantitative estimate of drug-likeness (QED) is 0.579. The second-order valence-electron chi connectivity index (χ2n) is 2.50. The lowest BCUT2D eigenvalue weighted by Crippen LogP contribution is -1.86. The van der Waals surface area contributed by atoms with E-state index in [1.54, 1.807) is 0 Å². The zero-order valence-electron chi connectivity index (χ0n) is 6.35. The summed E-state index contributed by atoms with van der Waals surface area (Å²) in [6, 6.07) is 6.27. The molecule has 0 fully saturated rings. The first-order valence-corrected chi connectivity index (χ1v) is 3.96. The molecule has 1 heteroatoms. The van der Waals surface area contributed by atoms with Crippen molar-refractivity contribution in [3.05, 3.63) is 34.9 Å². The first-order valence-electron chi connectivity index (χ1n) is 3.39. The van der Waals surface area contributed by atoms with Crippen LogP contribution in [0.15, 0.2) is 18.2 Å². The van der Waals surface area contributed by atoms with E-state index in [2.05, 4.69) is 32.0 Å². The molecule has 0 aromatic heterocycles. The first-order chi connectivity index (χ1) is 4.75. The van der Waals surface area contributed by atoms with Crippen LogP contribution in [0.1, 0.15) is 16.7 Å². The van der Waals surface area contributed by atoms with Gasteiger partial charge in [0.15, 0.2) is 0 Å². The Labute approximate surface area is 67.7 Å². The van der Waals surface area contributed by atoms with E-state index in [0.29, 0.717) is 0 Å². The molecular weight excluding hydrogens is 140 g/mol. The molecule has 0 aliphatic rings. The third kappa shape index (κ3) is 1.35. The monoisotopic (exact) mass is 151 g/mol. The average molecular weight is 151 g/mol. The van der Waals surface area contributed by atoms with Crippen molar-refractivity contribution in [2.45, 2.75) is 19.6 Å². The molecule has 0 unspecified atom stereocenters. The highest BCUT2D eigenvalue weighted by atomic mass is 32.1. The molecule has 0 aliphatic carbocycles. The summed E-state index contributed by atoms with van der Waals surface area (Å²) >= 11 is 4.97. The van der Waals surface area contributed by atoms with Crippen LogP contribution < -0.4 is 0 Å². The van der Waals surface area contributed by atoms with Crippen molar-refractivity contribution in [1.29, 1.82) is 0 Å². The van der Waals surface area contributed by atoms with Gasteiger partial charge in [-0.3, -0.25) is 0 Å². The molecule has 0 bridgehead atoms. The van der Waals surface area contributed by atoms with Gasteiger partial charge in [-0.15, -0.1) is 0 Å². The molecule has 0 saturated heterocycles. The molecule has 0 atom stereocenters. The highest BCUT2D eigenvalue weighted by Crippen LogP contribution is 2.13. The van der Waals surface area contributed by atoms with Gasteiger partial charge in [-0.05, 0) is 30.5 Å². The third-order valence-electron chi connectivity index (χ3n) is 1.87. The van der Waals surface area contributed by atoms with Crippen molar-refractivity contribution in [3.8, 4) is 0 Å². The van der Waals surface area contributed by atoms with Gasteiger partial charge >= 0.3 is 0 Å². The fourth-order valence-electron chi connectivity index (χ4n) is 0.968. The van der Waals surface area contributed by atoms with Crippen LogP contribution in [0.25, 0.3) is 0 Å². The minimum atomic E-state index is 0.730. The Bertz CT molecular complexity index is 228. The predicted molar refractivity (Wildman–Crippen MR) is 47.2 cm³/mol. The molecular formula is C9H11S. The van der Waals surface area contributed by atoms with E-state index in [0.717, 1.165) is 5.75 Å². The second kappa shape index (κ2) is 3.11. The van der Waals surface area contributed by atoms with E-state index in [1.165, 1.54) is 16.7 Å². The molecule has 53 valence electrons. The van der Waals surface area contributed by atoms with Crippen molar-refractivity contribution < 1.29 is 0 Å². The second-order valence-corrected chi connectivity index (χ2v) is 2.79. The largest absolute Gasteiger partial charge is 0.0890 e. The molecule has 10 heavy (non-hydrogen) atoms. The first kappa shape index (κ1) is 7.67. The minimum absolute atomic E-state index is 0.730. The van der Waals surface area contributed by atoms with Gasteiger partial charge in [0, 0.05) is 5.75 Å². The lowest BCUT2D eigenvalue weighted by molar-refractivity contribution is 1.25.